The largest absolute Gasteiger partial charge is 0.493 e. The molecule has 0 fully saturated rings. The number of non-ortho nitro benzene ring substituents is 1. The van der Waals surface area contributed by atoms with Crippen LogP contribution in [0.25, 0.3) is 0 Å². The summed E-state index contributed by atoms with van der Waals surface area (Å²) in [5, 5.41) is 20.0. The second-order valence-corrected chi connectivity index (χ2v) is 8.80. The molecule has 0 saturated heterocycles. The summed E-state index contributed by atoms with van der Waals surface area (Å²) in [5.74, 6) is 2.17. The van der Waals surface area contributed by atoms with Crippen LogP contribution in [0.1, 0.15) is 22.7 Å². The van der Waals surface area contributed by atoms with Gasteiger partial charge in [-0.2, -0.15) is 5.10 Å². The maximum absolute atomic E-state index is 13.5. The summed E-state index contributed by atoms with van der Waals surface area (Å²) >= 11 is 0. The number of amides is 2. The Kier molecular flexibility index (Phi) is 6.50. The molecule has 0 radical (unpaired) electrons. The van der Waals surface area contributed by atoms with E-state index in [0.29, 0.717) is 35.1 Å². The first-order valence-electron chi connectivity index (χ1n) is 11.8. The van der Waals surface area contributed by atoms with Crippen LogP contribution in [-0.4, -0.2) is 50.1 Å². The Bertz CT molecular complexity index is 1440. The van der Waals surface area contributed by atoms with Crippen LogP contribution in [-0.2, 0) is 6.42 Å². The van der Waals surface area contributed by atoms with Crippen LogP contribution >= 0.6 is 0 Å². The molecule has 2 aliphatic rings. The van der Waals surface area contributed by atoms with Gasteiger partial charge < -0.3 is 24.3 Å². The van der Waals surface area contributed by atoms with E-state index >= 15 is 0 Å². The van der Waals surface area contributed by atoms with Crippen molar-refractivity contribution < 1.29 is 28.7 Å². The topological polar surface area (TPSA) is 125 Å². The molecule has 1 N–H and O–H groups in total. The number of rotatable bonds is 7. The third-order valence-electron chi connectivity index (χ3n) is 6.82. The number of nitro benzene ring substituents is 1. The predicted molar refractivity (Wildman–Crippen MR) is 140 cm³/mol. The zero-order valence-electron chi connectivity index (χ0n) is 21.3. The van der Waals surface area contributed by atoms with Crippen molar-refractivity contribution in [3.05, 3.63) is 81.4 Å². The molecule has 38 heavy (non-hydrogen) atoms. The van der Waals surface area contributed by atoms with E-state index in [1.54, 1.807) is 34.5 Å². The van der Waals surface area contributed by atoms with E-state index in [0.717, 1.165) is 22.4 Å². The Morgan fingerprint density at radius 1 is 0.921 bits per heavy atom. The molecule has 5 rings (SSSR count). The van der Waals surface area contributed by atoms with Crippen molar-refractivity contribution in [2.24, 2.45) is 11.0 Å². The van der Waals surface area contributed by atoms with Gasteiger partial charge >= 0.3 is 6.03 Å². The number of fused-ring (bicyclic) bond motifs is 3. The Hall–Kier alpha value is -4.80. The van der Waals surface area contributed by atoms with Crippen molar-refractivity contribution in [3.8, 4) is 23.0 Å². The van der Waals surface area contributed by atoms with E-state index < -0.39 is 17.0 Å². The Balaban J connectivity index is 1.55. The number of ether oxygens (including phenoxy) is 4. The molecule has 0 bridgehead atoms. The van der Waals surface area contributed by atoms with Gasteiger partial charge in [0.15, 0.2) is 23.0 Å². The quantitative estimate of drug-likeness (QED) is 0.352. The summed E-state index contributed by atoms with van der Waals surface area (Å²) in [6, 6.07) is 14.1. The standard InChI is InChI=1S/C27H26N4O7/c1-35-21-10-5-15(12-22(21)36-2)26-20-11-16-13-23(37-3)24(38-4)14-19(16)25(20)29-30(26)27(32)28-17-6-8-18(9-7-17)31(33)34/h5-10,12-14,20,26H,11H2,1-4H3,(H,28,32). The van der Waals surface area contributed by atoms with Crippen molar-refractivity contribution >= 4 is 23.1 Å². The lowest BCUT2D eigenvalue weighted by molar-refractivity contribution is -0.384. The van der Waals surface area contributed by atoms with Gasteiger partial charge in [0.05, 0.1) is 45.1 Å². The van der Waals surface area contributed by atoms with Gasteiger partial charge in [0.1, 0.15) is 0 Å². The molecular weight excluding hydrogens is 492 g/mol. The summed E-state index contributed by atoms with van der Waals surface area (Å²) in [4.78, 5) is 24.0. The molecule has 3 aromatic rings. The summed E-state index contributed by atoms with van der Waals surface area (Å²) in [7, 11) is 6.28. The van der Waals surface area contributed by atoms with Crippen LogP contribution in [0.5, 0.6) is 23.0 Å². The van der Waals surface area contributed by atoms with Gasteiger partial charge in [-0.05, 0) is 53.9 Å². The molecule has 196 valence electrons. The fraction of sp³-hybridized carbons (Fsp3) is 0.259. The molecule has 0 aromatic heterocycles. The maximum Gasteiger partial charge on any atom is 0.342 e. The predicted octanol–water partition coefficient (Wildman–Crippen LogP) is 4.79. The van der Waals surface area contributed by atoms with Crippen molar-refractivity contribution in [1.82, 2.24) is 5.01 Å². The van der Waals surface area contributed by atoms with Crippen LogP contribution in [0.15, 0.2) is 59.7 Å². The molecule has 2 amide bonds. The smallest absolute Gasteiger partial charge is 0.342 e. The fourth-order valence-corrected chi connectivity index (χ4v) is 5.03. The zero-order valence-corrected chi connectivity index (χ0v) is 21.3. The summed E-state index contributed by atoms with van der Waals surface area (Å²) in [6.45, 7) is 0. The van der Waals surface area contributed by atoms with Crippen molar-refractivity contribution in [2.45, 2.75) is 12.5 Å². The minimum Gasteiger partial charge on any atom is -0.493 e. The fourth-order valence-electron chi connectivity index (χ4n) is 5.03. The molecule has 11 nitrogen and oxygen atoms in total. The molecule has 2 unspecified atom stereocenters. The number of hydrogen-bond donors (Lipinski definition) is 1. The number of hydrazone groups is 1. The first-order valence-corrected chi connectivity index (χ1v) is 11.8. The molecule has 1 heterocycles. The number of carbonyl (C=O) groups excluding carboxylic acids is 1. The molecular formula is C27H26N4O7. The van der Waals surface area contributed by atoms with Crippen LogP contribution in [0, 0.1) is 16.0 Å². The normalized spacial score (nSPS) is 17.3. The monoisotopic (exact) mass is 518 g/mol. The van der Waals surface area contributed by atoms with E-state index in [1.165, 1.54) is 29.3 Å². The van der Waals surface area contributed by atoms with Crippen molar-refractivity contribution in [3.63, 3.8) is 0 Å². The average molecular weight is 519 g/mol. The van der Waals surface area contributed by atoms with Gasteiger partial charge in [0.2, 0.25) is 0 Å². The van der Waals surface area contributed by atoms with Gasteiger partial charge in [0.25, 0.3) is 5.69 Å². The Labute approximate surface area is 218 Å². The lowest BCUT2D eigenvalue weighted by Gasteiger charge is -2.27. The second kappa shape index (κ2) is 9.92. The number of benzene rings is 3. The highest BCUT2D eigenvalue weighted by Crippen LogP contribution is 2.48. The minimum absolute atomic E-state index is 0.0665. The van der Waals surface area contributed by atoms with Crippen LogP contribution in [0.2, 0.25) is 0 Å². The van der Waals surface area contributed by atoms with Gasteiger partial charge in [0, 0.05) is 29.3 Å². The highest BCUT2D eigenvalue weighted by Gasteiger charge is 2.46. The van der Waals surface area contributed by atoms with Gasteiger partial charge in [-0.3, -0.25) is 10.1 Å². The maximum atomic E-state index is 13.5. The number of nitrogens with zero attached hydrogens (tertiary/aromatic N) is 3. The third-order valence-corrected chi connectivity index (χ3v) is 6.82. The zero-order chi connectivity index (χ0) is 27.0. The molecule has 11 heteroatoms. The van der Waals surface area contributed by atoms with Crippen LogP contribution in [0.3, 0.4) is 0 Å². The summed E-state index contributed by atoms with van der Waals surface area (Å²) in [5.41, 5.74) is 3.87. The molecule has 1 aliphatic carbocycles. The summed E-state index contributed by atoms with van der Waals surface area (Å²) < 4.78 is 21.9. The van der Waals surface area contributed by atoms with Crippen LogP contribution < -0.4 is 24.3 Å². The average Bonchev–Trinajstić information content (AvgIpc) is 3.47. The minimum atomic E-state index is -0.493. The molecule has 2 atom stereocenters. The van der Waals surface area contributed by atoms with E-state index in [2.05, 4.69) is 5.32 Å². The van der Waals surface area contributed by atoms with Crippen molar-refractivity contribution in [1.29, 1.82) is 0 Å². The number of nitro groups is 1. The van der Waals surface area contributed by atoms with E-state index in [1.807, 2.05) is 24.3 Å². The number of nitrogens with one attached hydrogen (secondary N) is 1. The number of urea groups is 1. The Morgan fingerprint density at radius 3 is 2.18 bits per heavy atom. The lowest BCUT2D eigenvalue weighted by atomic mass is 9.90. The second-order valence-electron chi connectivity index (χ2n) is 8.80. The van der Waals surface area contributed by atoms with Gasteiger partial charge in [-0.1, -0.05) is 6.07 Å². The Morgan fingerprint density at radius 2 is 1.55 bits per heavy atom. The van der Waals surface area contributed by atoms with Gasteiger partial charge in [-0.15, -0.1) is 0 Å². The van der Waals surface area contributed by atoms with Crippen LogP contribution in [0.4, 0.5) is 16.2 Å². The van der Waals surface area contributed by atoms with Gasteiger partial charge in [-0.25, -0.2) is 9.80 Å². The first kappa shape index (κ1) is 24.9. The SMILES string of the molecule is COc1ccc(C2C3Cc4cc(OC)c(OC)cc4C3=NN2C(=O)Nc2ccc([N+](=O)[O-])cc2)cc1OC. The molecule has 1 aliphatic heterocycles. The molecule has 0 spiro atoms. The lowest BCUT2D eigenvalue weighted by Crippen LogP contribution is -2.34. The third kappa shape index (κ3) is 4.21. The highest BCUT2D eigenvalue weighted by molar-refractivity contribution is 6.09. The number of anilines is 1. The molecule has 3 aromatic carbocycles. The number of methoxy groups -OCH3 is 4. The summed E-state index contributed by atoms with van der Waals surface area (Å²) in [6.07, 6.45) is 0.634. The van der Waals surface area contributed by atoms with E-state index in [-0.39, 0.29) is 11.6 Å². The number of carbonyl (C=O) groups is 1. The molecule has 0 saturated carbocycles. The van der Waals surface area contributed by atoms with Crippen molar-refractivity contribution in [2.75, 3.05) is 33.8 Å². The first-order chi connectivity index (χ1) is 18.4. The van der Waals surface area contributed by atoms with E-state index in [4.69, 9.17) is 24.0 Å². The highest BCUT2D eigenvalue weighted by atomic mass is 16.6. The number of hydrogen-bond acceptors (Lipinski definition) is 8. The van der Waals surface area contributed by atoms with E-state index in [9.17, 15) is 14.9 Å².